The largest absolute Gasteiger partial charge is 0.497 e. The van der Waals surface area contributed by atoms with Gasteiger partial charge in [0.05, 0.1) is 24.9 Å². The molecule has 2 aromatic carbocycles. The second-order valence-corrected chi connectivity index (χ2v) is 9.54. The predicted octanol–water partition coefficient (Wildman–Crippen LogP) is 5.02. The Bertz CT molecular complexity index is 1190. The first-order chi connectivity index (χ1) is 17.0. The number of rotatable bonds is 5. The number of fused-ring (bicyclic) bond motifs is 1. The van der Waals surface area contributed by atoms with Crippen molar-refractivity contribution in [2.45, 2.75) is 39.7 Å². The molecular weight excluding hydrogens is 440 g/mol. The molecule has 3 heterocycles. The summed E-state index contributed by atoms with van der Waals surface area (Å²) in [5, 5.41) is 0. The first-order valence-electron chi connectivity index (χ1n) is 12.3. The first kappa shape index (κ1) is 23.1. The lowest BCUT2D eigenvalue weighted by Crippen LogP contribution is -2.38. The van der Waals surface area contributed by atoms with Gasteiger partial charge in [-0.15, -0.1) is 0 Å². The maximum absolute atomic E-state index is 13.3. The second-order valence-electron chi connectivity index (χ2n) is 9.54. The zero-order chi connectivity index (χ0) is 24.4. The van der Waals surface area contributed by atoms with Crippen LogP contribution >= 0.6 is 0 Å². The van der Waals surface area contributed by atoms with Crippen LogP contribution in [0.25, 0.3) is 0 Å². The number of hydrogen-bond acceptors (Lipinski definition) is 6. The standard InChI is InChI=1S/C28H32N4O3/c1-19-4-8-23(9-5-19)35-26-24-18-32(27(33)21-6-10-22(34-3)11-7-21)17-14-25(24)29-28(30-26)31-15-12-20(2)13-16-31/h4-11,20H,12-18H2,1-3H3. The molecule has 0 N–H and O–H groups in total. The maximum atomic E-state index is 13.3. The summed E-state index contributed by atoms with van der Waals surface area (Å²) in [6, 6.07) is 15.2. The van der Waals surface area contributed by atoms with Crippen LogP contribution in [0, 0.1) is 12.8 Å². The quantitative estimate of drug-likeness (QED) is 0.519. The predicted molar refractivity (Wildman–Crippen MR) is 135 cm³/mol. The lowest BCUT2D eigenvalue weighted by atomic mass is 9.99. The molecule has 1 saturated heterocycles. The van der Waals surface area contributed by atoms with E-state index < -0.39 is 0 Å². The number of ether oxygens (including phenoxy) is 2. The minimum Gasteiger partial charge on any atom is -0.497 e. The van der Waals surface area contributed by atoms with Gasteiger partial charge in [-0.05, 0) is 62.1 Å². The normalized spacial score (nSPS) is 16.1. The Morgan fingerprint density at radius 2 is 1.63 bits per heavy atom. The Morgan fingerprint density at radius 1 is 0.943 bits per heavy atom. The molecule has 3 aromatic rings. The third-order valence-electron chi connectivity index (χ3n) is 6.94. The number of aryl methyl sites for hydroxylation is 1. The molecule has 0 bridgehead atoms. The number of benzene rings is 2. The number of anilines is 1. The van der Waals surface area contributed by atoms with Gasteiger partial charge in [-0.1, -0.05) is 24.6 Å². The summed E-state index contributed by atoms with van der Waals surface area (Å²) >= 11 is 0. The van der Waals surface area contributed by atoms with E-state index in [9.17, 15) is 4.79 Å². The highest BCUT2D eigenvalue weighted by Gasteiger charge is 2.29. The minimum absolute atomic E-state index is 0.0197. The Kier molecular flexibility index (Phi) is 6.57. The lowest BCUT2D eigenvalue weighted by molar-refractivity contribution is 0.0732. The summed E-state index contributed by atoms with van der Waals surface area (Å²) in [6.45, 7) is 7.27. The molecule has 1 aromatic heterocycles. The van der Waals surface area contributed by atoms with Crippen molar-refractivity contribution in [3.05, 3.63) is 70.9 Å². The van der Waals surface area contributed by atoms with Crippen molar-refractivity contribution < 1.29 is 14.3 Å². The number of amides is 1. The maximum Gasteiger partial charge on any atom is 0.254 e. The van der Waals surface area contributed by atoms with Crippen molar-refractivity contribution in [2.24, 2.45) is 5.92 Å². The first-order valence-corrected chi connectivity index (χ1v) is 12.3. The van der Waals surface area contributed by atoms with Crippen molar-refractivity contribution in [2.75, 3.05) is 31.6 Å². The molecule has 1 fully saturated rings. The SMILES string of the molecule is COc1ccc(C(=O)N2CCc3nc(N4CCC(C)CC4)nc(Oc4ccc(C)cc4)c3C2)cc1. The monoisotopic (exact) mass is 472 g/mol. The van der Waals surface area contributed by atoms with Crippen LogP contribution in [-0.2, 0) is 13.0 Å². The van der Waals surface area contributed by atoms with Crippen molar-refractivity contribution in [1.29, 1.82) is 0 Å². The van der Waals surface area contributed by atoms with Gasteiger partial charge < -0.3 is 19.3 Å². The third-order valence-corrected chi connectivity index (χ3v) is 6.94. The molecule has 0 aliphatic carbocycles. The number of carbonyl (C=O) groups is 1. The van der Waals surface area contributed by atoms with E-state index in [2.05, 4.69) is 18.7 Å². The van der Waals surface area contributed by atoms with Gasteiger partial charge in [0.15, 0.2) is 0 Å². The Morgan fingerprint density at radius 3 is 2.31 bits per heavy atom. The van der Waals surface area contributed by atoms with Crippen LogP contribution < -0.4 is 14.4 Å². The van der Waals surface area contributed by atoms with E-state index in [-0.39, 0.29) is 5.91 Å². The van der Waals surface area contributed by atoms with E-state index in [4.69, 9.17) is 19.4 Å². The van der Waals surface area contributed by atoms with Crippen LogP contribution in [0.5, 0.6) is 17.4 Å². The summed E-state index contributed by atoms with van der Waals surface area (Å²) in [6.07, 6.45) is 2.94. The number of piperidine rings is 1. The second kappa shape index (κ2) is 9.94. The van der Waals surface area contributed by atoms with Gasteiger partial charge in [0.25, 0.3) is 5.91 Å². The highest BCUT2D eigenvalue weighted by atomic mass is 16.5. The highest BCUT2D eigenvalue weighted by molar-refractivity contribution is 5.94. The zero-order valence-electron chi connectivity index (χ0n) is 20.7. The summed E-state index contributed by atoms with van der Waals surface area (Å²) in [7, 11) is 1.62. The van der Waals surface area contributed by atoms with Crippen LogP contribution in [0.3, 0.4) is 0 Å². The van der Waals surface area contributed by atoms with Crippen LogP contribution in [0.2, 0.25) is 0 Å². The zero-order valence-corrected chi connectivity index (χ0v) is 20.7. The van der Waals surface area contributed by atoms with Crippen molar-refractivity contribution in [3.63, 3.8) is 0 Å². The summed E-state index contributed by atoms with van der Waals surface area (Å²) in [5.41, 5.74) is 3.65. The van der Waals surface area contributed by atoms with Crippen LogP contribution in [-0.4, -0.2) is 47.5 Å². The molecule has 182 valence electrons. The van der Waals surface area contributed by atoms with Crippen LogP contribution in [0.1, 0.15) is 46.9 Å². The van der Waals surface area contributed by atoms with E-state index >= 15 is 0 Å². The molecular formula is C28H32N4O3. The summed E-state index contributed by atoms with van der Waals surface area (Å²) < 4.78 is 11.5. The minimum atomic E-state index is -0.0197. The van der Waals surface area contributed by atoms with Crippen LogP contribution in [0.15, 0.2) is 48.5 Å². The van der Waals surface area contributed by atoms with Crippen LogP contribution in [0.4, 0.5) is 5.95 Å². The van der Waals surface area contributed by atoms with E-state index in [1.165, 1.54) is 5.56 Å². The van der Waals surface area contributed by atoms with Gasteiger partial charge in [0.1, 0.15) is 11.5 Å². The average Bonchev–Trinajstić information content (AvgIpc) is 2.89. The molecule has 1 amide bonds. The molecule has 2 aliphatic rings. The third kappa shape index (κ3) is 5.09. The number of carbonyl (C=O) groups excluding carboxylic acids is 1. The highest BCUT2D eigenvalue weighted by Crippen LogP contribution is 2.33. The molecule has 7 heteroatoms. The molecule has 0 unspecified atom stereocenters. The lowest BCUT2D eigenvalue weighted by Gasteiger charge is -2.33. The molecule has 0 saturated carbocycles. The van der Waals surface area contributed by atoms with Gasteiger partial charge in [-0.25, -0.2) is 4.98 Å². The molecule has 2 aliphatic heterocycles. The van der Waals surface area contributed by atoms with Gasteiger partial charge in [0.2, 0.25) is 11.8 Å². The van der Waals surface area contributed by atoms with E-state index in [0.29, 0.717) is 31.0 Å². The average molecular weight is 473 g/mol. The van der Waals surface area contributed by atoms with Crippen molar-refractivity contribution >= 4 is 11.9 Å². The van der Waals surface area contributed by atoms with Gasteiger partial charge in [-0.2, -0.15) is 4.98 Å². The van der Waals surface area contributed by atoms with Gasteiger partial charge >= 0.3 is 0 Å². The Hall–Kier alpha value is -3.61. The van der Waals surface area contributed by atoms with Gasteiger partial charge in [-0.3, -0.25) is 4.79 Å². The number of aromatic nitrogens is 2. The van der Waals surface area contributed by atoms with Crippen molar-refractivity contribution in [3.8, 4) is 17.4 Å². The Labute approximate surface area is 206 Å². The number of nitrogens with zero attached hydrogens (tertiary/aromatic N) is 4. The molecule has 5 rings (SSSR count). The summed E-state index contributed by atoms with van der Waals surface area (Å²) in [4.78, 5) is 27.2. The summed E-state index contributed by atoms with van der Waals surface area (Å²) in [5.74, 6) is 3.44. The van der Waals surface area contributed by atoms with Gasteiger partial charge in [0, 0.05) is 31.6 Å². The number of hydrogen-bond donors (Lipinski definition) is 0. The fourth-order valence-electron chi connectivity index (χ4n) is 4.61. The molecule has 0 atom stereocenters. The molecule has 35 heavy (non-hydrogen) atoms. The van der Waals surface area contributed by atoms with Crippen molar-refractivity contribution in [1.82, 2.24) is 14.9 Å². The van der Waals surface area contributed by atoms with E-state index in [0.717, 1.165) is 60.6 Å². The topological polar surface area (TPSA) is 67.8 Å². The fourth-order valence-corrected chi connectivity index (χ4v) is 4.61. The number of methoxy groups -OCH3 is 1. The van der Waals surface area contributed by atoms with E-state index in [1.807, 2.05) is 41.3 Å². The fraction of sp³-hybridized carbons (Fsp3) is 0.393. The molecule has 0 spiro atoms. The van der Waals surface area contributed by atoms with E-state index in [1.54, 1.807) is 19.2 Å². The smallest absolute Gasteiger partial charge is 0.254 e. The Balaban J connectivity index is 1.45. The molecule has 7 nitrogen and oxygen atoms in total. The molecule has 0 radical (unpaired) electrons.